The van der Waals surface area contributed by atoms with Gasteiger partial charge in [0.05, 0.1) is 26.1 Å². The first kappa shape index (κ1) is 17.9. The number of methoxy groups -OCH3 is 2. The molecule has 0 amide bonds. The topological polar surface area (TPSA) is 44.0 Å². The van der Waals surface area contributed by atoms with Crippen LogP contribution in [0.1, 0.15) is 5.56 Å². The molecule has 4 aromatic rings. The maximum absolute atomic E-state index is 6.16. The molecule has 0 fully saturated rings. The van der Waals surface area contributed by atoms with E-state index in [4.69, 9.17) is 18.9 Å². The summed E-state index contributed by atoms with van der Waals surface area (Å²) in [5.74, 6) is 2.07. The van der Waals surface area contributed by atoms with Crippen molar-refractivity contribution < 1.29 is 13.9 Å². The molecule has 140 valence electrons. The fourth-order valence-electron chi connectivity index (χ4n) is 3.14. The smallest absolute Gasteiger partial charge is 0.161 e. The van der Waals surface area contributed by atoms with Crippen LogP contribution in [-0.4, -0.2) is 14.2 Å². The van der Waals surface area contributed by atoms with Gasteiger partial charge in [-0.2, -0.15) is 0 Å². The molecule has 0 N–H and O–H groups in total. The van der Waals surface area contributed by atoms with Crippen molar-refractivity contribution in [2.75, 3.05) is 14.2 Å². The van der Waals surface area contributed by atoms with E-state index in [0.29, 0.717) is 18.0 Å². The summed E-state index contributed by atoms with van der Waals surface area (Å²) in [6.45, 7) is 0.611. The first-order chi connectivity index (χ1) is 13.8. The van der Waals surface area contributed by atoms with E-state index < -0.39 is 0 Å². The highest BCUT2D eigenvalue weighted by Gasteiger charge is 2.10. The summed E-state index contributed by atoms with van der Waals surface area (Å²) in [6, 6.07) is 25.9. The van der Waals surface area contributed by atoms with E-state index in [1.54, 1.807) is 14.2 Å². The Bertz CT molecular complexity index is 1160. The van der Waals surface area contributed by atoms with E-state index in [2.05, 4.69) is 12.1 Å². The minimum atomic E-state index is 0.611. The van der Waals surface area contributed by atoms with Gasteiger partial charge < -0.3 is 13.9 Å². The van der Waals surface area contributed by atoms with Gasteiger partial charge in [-0.3, -0.25) is 4.99 Å². The molecule has 0 aliphatic carbocycles. The highest BCUT2D eigenvalue weighted by atomic mass is 16.5. The van der Waals surface area contributed by atoms with Crippen molar-refractivity contribution in [3.63, 3.8) is 0 Å². The Hall–Kier alpha value is -3.53. The first-order valence-electron chi connectivity index (χ1n) is 9.08. The number of hydrogen-bond donors (Lipinski definition) is 0. The SMILES string of the molecule is COc1ccc(-c2cc(=NCc3ccccc3)c3ccccc3o2)cc1OC. The molecular formula is C24H21NO3. The van der Waals surface area contributed by atoms with Gasteiger partial charge in [0, 0.05) is 17.0 Å². The quantitative estimate of drug-likeness (QED) is 0.483. The molecule has 28 heavy (non-hydrogen) atoms. The molecule has 3 aromatic carbocycles. The molecular weight excluding hydrogens is 350 g/mol. The van der Waals surface area contributed by atoms with Gasteiger partial charge in [-0.15, -0.1) is 0 Å². The van der Waals surface area contributed by atoms with Crippen LogP contribution in [-0.2, 0) is 6.54 Å². The van der Waals surface area contributed by atoms with Crippen LogP contribution in [0.25, 0.3) is 22.3 Å². The zero-order valence-corrected chi connectivity index (χ0v) is 15.9. The molecule has 4 nitrogen and oxygen atoms in total. The van der Waals surface area contributed by atoms with Gasteiger partial charge in [-0.25, -0.2) is 0 Å². The summed E-state index contributed by atoms with van der Waals surface area (Å²) in [5, 5.41) is 1.89. The van der Waals surface area contributed by atoms with E-state index in [1.807, 2.05) is 66.7 Å². The second-order valence-electron chi connectivity index (χ2n) is 6.36. The Kier molecular flexibility index (Phi) is 5.11. The average Bonchev–Trinajstić information content (AvgIpc) is 2.77. The Morgan fingerprint density at radius 2 is 1.54 bits per heavy atom. The monoisotopic (exact) mass is 371 g/mol. The molecule has 0 radical (unpaired) electrons. The van der Waals surface area contributed by atoms with Gasteiger partial charge in [0.25, 0.3) is 0 Å². The highest BCUT2D eigenvalue weighted by molar-refractivity contribution is 5.78. The van der Waals surface area contributed by atoms with Gasteiger partial charge in [0.1, 0.15) is 11.3 Å². The fourth-order valence-corrected chi connectivity index (χ4v) is 3.14. The lowest BCUT2D eigenvalue weighted by molar-refractivity contribution is 0.355. The normalized spacial score (nSPS) is 11.6. The third kappa shape index (κ3) is 3.62. The van der Waals surface area contributed by atoms with Gasteiger partial charge in [0.15, 0.2) is 11.5 Å². The number of rotatable bonds is 5. The average molecular weight is 371 g/mol. The highest BCUT2D eigenvalue weighted by Crippen LogP contribution is 2.32. The predicted molar refractivity (Wildman–Crippen MR) is 110 cm³/mol. The van der Waals surface area contributed by atoms with Gasteiger partial charge in [-0.1, -0.05) is 42.5 Å². The Labute approximate surface area is 163 Å². The van der Waals surface area contributed by atoms with Crippen molar-refractivity contribution in [2.24, 2.45) is 4.99 Å². The number of nitrogens with zero attached hydrogens (tertiary/aromatic N) is 1. The van der Waals surface area contributed by atoms with Crippen LogP contribution in [0.5, 0.6) is 11.5 Å². The standard InChI is InChI=1S/C24H21NO3/c1-26-22-13-12-18(14-24(22)27-2)23-15-20(19-10-6-7-11-21(19)28-23)25-16-17-8-4-3-5-9-17/h3-15H,16H2,1-2H3. The van der Waals surface area contributed by atoms with Crippen molar-refractivity contribution in [3.05, 3.63) is 89.8 Å². The molecule has 0 atom stereocenters. The predicted octanol–water partition coefficient (Wildman–Crippen LogP) is 5.22. The lowest BCUT2D eigenvalue weighted by atomic mass is 10.1. The zero-order valence-electron chi connectivity index (χ0n) is 15.9. The van der Waals surface area contributed by atoms with Crippen LogP contribution < -0.4 is 14.8 Å². The minimum Gasteiger partial charge on any atom is -0.493 e. The van der Waals surface area contributed by atoms with E-state index in [-0.39, 0.29) is 0 Å². The summed E-state index contributed by atoms with van der Waals surface area (Å²) >= 11 is 0. The third-order valence-electron chi connectivity index (χ3n) is 4.59. The summed E-state index contributed by atoms with van der Waals surface area (Å²) in [6.07, 6.45) is 0. The Morgan fingerprint density at radius 3 is 2.32 bits per heavy atom. The van der Waals surface area contributed by atoms with E-state index in [0.717, 1.165) is 27.7 Å². The maximum Gasteiger partial charge on any atom is 0.161 e. The fraction of sp³-hybridized carbons (Fsp3) is 0.125. The van der Waals surface area contributed by atoms with Crippen molar-refractivity contribution in [2.45, 2.75) is 6.54 Å². The molecule has 0 spiro atoms. The van der Waals surface area contributed by atoms with E-state index in [9.17, 15) is 0 Å². The second-order valence-corrected chi connectivity index (χ2v) is 6.36. The lowest BCUT2D eigenvalue weighted by Gasteiger charge is -2.10. The van der Waals surface area contributed by atoms with Gasteiger partial charge in [-0.05, 0) is 35.9 Å². The number of benzene rings is 3. The summed E-state index contributed by atoms with van der Waals surface area (Å²) < 4.78 is 16.9. The molecule has 0 saturated heterocycles. The van der Waals surface area contributed by atoms with Crippen LogP contribution in [0.4, 0.5) is 0 Å². The Morgan fingerprint density at radius 1 is 0.786 bits per heavy atom. The Balaban J connectivity index is 1.84. The molecule has 4 rings (SSSR count). The number of hydrogen-bond acceptors (Lipinski definition) is 4. The molecule has 0 unspecified atom stereocenters. The van der Waals surface area contributed by atoms with Crippen LogP contribution in [0.3, 0.4) is 0 Å². The number of fused-ring (bicyclic) bond motifs is 1. The number of para-hydroxylation sites is 1. The van der Waals surface area contributed by atoms with E-state index >= 15 is 0 Å². The largest absolute Gasteiger partial charge is 0.493 e. The van der Waals surface area contributed by atoms with Crippen LogP contribution in [0, 0.1) is 0 Å². The zero-order chi connectivity index (χ0) is 19.3. The van der Waals surface area contributed by atoms with Crippen molar-refractivity contribution in [1.29, 1.82) is 0 Å². The van der Waals surface area contributed by atoms with Crippen LogP contribution >= 0.6 is 0 Å². The molecule has 4 heteroatoms. The van der Waals surface area contributed by atoms with Gasteiger partial charge >= 0.3 is 0 Å². The lowest BCUT2D eigenvalue weighted by Crippen LogP contribution is -2.04. The van der Waals surface area contributed by atoms with Gasteiger partial charge in [0.2, 0.25) is 0 Å². The molecule has 0 aliphatic rings. The first-order valence-corrected chi connectivity index (χ1v) is 9.08. The molecule has 0 aliphatic heterocycles. The molecule has 1 heterocycles. The minimum absolute atomic E-state index is 0.611. The van der Waals surface area contributed by atoms with Crippen molar-refractivity contribution in [3.8, 4) is 22.8 Å². The second kappa shape index (κ2) is 8.01. The molecule has 0 bridgehead atoms. The van der Waals surface area contributed by atoms with Crippen LogP contribution in [0.15, 0.2) is 88.3 Å². The van der Waals surface area contributed by atoms with Crippen LogP contribution in [0.2, 0.25) is 0 Å². The summed E-state index contributed by atoms with van der Waals surface area (Å²) in [4.78, 5) is 4.85. The van der Waals surface area contributed by atoms with Crippen molar-refractivity contribution >= 4 is 11.0 Å². The van der Waals surface area contributed by atoms with E-state index in [1.165, 1.54) is 5.56 Å². The number of ether oxygens (including phenoxy) is 2. The molecule has 0 saturated carbocycles. The summed E-state index contributed by atoms with van der Waals surface area (Å²) in [5.41, 5.74) is 2.86. The summed E-state index contributed by atoms with van der Waals surface area (Å²) in [7, 11) is 3.25. The third-order valence-corrected chi connectivity index (χ3v) is 4.59. The molecule has 1 aromatic heterocycles. The van der Waals surface area contributed by atoms with Crippen molar-refractivity contribution in [1.82, 2.24) is 0 Å². The maximum atomic E-state index is 6.16.